The standard InChI is InChI=1S/C33H35ClO10/c1-19(35)40-18-28-30(41-20(2)36)32(43-22(4)38)31(42-21(3)37)29(44-28)25-10-11-27(34)26(17-25)16-24-8-6-23(7-9-24)12-15-33(39)13-5-14-33/h6-11,17,28-32,39H,5,13-14,16,18H2,1-4H3/t28-,29+,30-,31+,32+/m1/s1. The largest absolute Gasteiger partial charge is 0.463 e. The Balaban J connectivity index is 1.66. The van der Waals surface area contributed by atoms with E-state index in [1.54, 1.807) is 18.2 Å². The van der Waals surface area contributed by atoms with Crippen molar-refractivity contribution in [3.05, 3.63) is 69.7 Å². The molecule has 1 aliphatic carbocycles. The van der Waals surface area contributed by atoms with Gasteiger partial charge in [0.2, 0.25) is 0 Å². The summed E-state index contributed by atoms with van der Waals surface area (Å²) in [6.45, 7) is 4.44. The summed E-state index contributed by atoms with van der Waals surface area (Å²) >= 11 is 6.59. The van der Waals surface area contributed by atoms with E-state index < -0.39 is 60.0 Å². The van der Waals surface area contributed by atoms with Crippen LogP contribution in [0.1, 0.15) is 75.3 Å². The van der Waals surface area contributed by atoms with Crippen molar-refractivity contribution in [3.63, 3.8) is 0 Å². The first kappa shape index (κ1) is 33.0. The van der Waals surface area contributed by atoms with Crippen LogP contribution in [0, 0.1) is 11.8 Å². The zero-order valence-corrected chi connectivity index (χ0v) is 25.7. The van der Waals surface area contributed by atoms with Crippen LogP contribution < -0.4 is 0 Å². The second kappa shape index (κ2) is 14.2. The summed E-state index contributed by atoms with van der Waals surface area (Å²) < 4.78 is 28.1. The van der Waals surface area contributed by atoms with Crippen LogP contribution in [0.4, 0.5) is 0 Å². The Hall–Kier alpha value is -3.91. The lowest BCUT2D eigenvalue weighted by Gasteiger charge is -2.44. The number of carbonyl (C=O) groups is 4. The van der Waals surface area contributed by atoms with E-state index in [4.69, 9.17) is 35.3 Å². The van der Waals surface area contributed by atoms with Gasteiger partial charge in [0.25, 0.3) is 0 Å². The molecule has 234 valence electrons. The van der Waals surface area contributed by atoms with Gasteiger partial charge in [-0.3, -0.25) is 19.2 Å². The molecule has 0 aromatic heterocycles. The smallest absolute Gasteiger partial charge is 0.303 e. The average Bonchev–Trinajstić information content (AvgIpc) is 2.93. The van der Waals surface area contributed by atoms with Gasteiger partial charge < -0.3 is 28.8 Å². The third kappa shape index (κ3) is 8.59. The fraction of sp³-hybridized carbons (Fsp3) is 0.455. The van der Waals surface area contributed by atoms with Gasteiger partial charge in [-0.1, -0.05) is 47.7 Å². The summed E-state index contributed by atoms with van der Waals surface area (Å²) in [5, 5.41) is 10.7. The number of benzene rings is 2. The van der Waals surface area contributed by atoms with Crippen LogP contribution in [-0.4, -0.2) is 65.6 Å². The lowest BCUT2D eigenvalue weighted by Crippen LogP contribution is -2.59. The summed E-state index contributed by atoms with van der Waals surface area (Å²) in [6.07, 6.45) is -3.01. The maximum Gasteiger partial charge on any atom is 0.303 e. The van der Waals surface area contributed by atoms with Gasteiger partial charge in [-0.05, 0) is 60.6 Å². The highest BCUT2D eigenvalue weighted by molar-refractivity contribution is 6.31. The van der Waals surface area contributed by atoms with Crippen LogP contribution >= 0.6 is 11.6 Å². The molecule has 1 aliphatic heterocycles. The fourth-order valence-electron chi connectivity index (χ4n) is 5.15. The predicted molar refractivity (Wildman–Crippen MR) is 157 cm³/mol. The molecule has 1 saturated carbocycles. The van der Waals surface area contributed by atoms with E-state index in [2.05, 4.69) is 11.8 Å². The molecule has 0 spiro atoms. The van der Waals surface area contributed by atoms with Crippen molar-refractivity contribution in [1.29, 1.82) is 0 Å². The van der Waals surface area contributed by atoms with Gasteiger partial charge in [0.1, 0.15) is 24.4 Å². The third-order valence-corrected chi connectivity index (χ3v) is 7.73. The molecule has 2 fully saturated rings. The summed E-state index contributed by atoms with van der Waals surface area (Å²) in [7, 11) is 0. The minimum absolute atomic E-state index is 0.318. The van der Waals surface area contributed by atoms with E-state index >= 15 is 0 Å². The van der Waals surface area contributed by atoms with E-state index in [9.17, 15) is 24.3 Å². The zero-order chi connectivity index (χ0) is 32.0. The molecule has 1 heterocycles. The Morgan fingerprint density at radius 1 is 0.886 bits per heavy atom. The Morgan fingerprint density at radius 3 is 2.07 bits per heavy atom. The molecule has 5 atom stereocenters. The molecule has 0 radical (unpaired) electrons. The van der Waals surface area contributed by atoms with E-state index in [0.29, 0.717) is 29.8 Å². The maximum atomic E-state index is 12.2. The number of halogens is 1. The highest BCUT2D eigenvalue weighted by atomic mass is 35.5. The Morgan fingerprint density at radius 2 is 1.50 bits per heavy atom. The van der Waals surface area contributed by atoms with Crippen molar-refractivity contribution in [2.24, 2.45) is 0 Å². The number of aliphatic hydroxyl groups is 1. The van der Waals surface area contributed by atoms with Gasteiger partial charge in [-0.15, -0.1) is 0 Å². The molecule has 1 saturated heterocycles. The van der Waals surface area contributed by atoms with E-state index in [1.165, 1.54) is 27.7 Å². The van der Waals surface area contributed by atoms with Crippen molar-refractivity contribution in [1.82, 2.24) is 0 Å². The molecule has 11 heteroatoms. The summed E-state index contributed by atoms with van der Waals surface area (Å²) in [6, 6.07) is 12.8. The first-order valence-corrected chi connectivity index (χ1v) is 14.6. The SMILES string of the molecule is CC(=O)OC[C@H]1O[C@@H](c2ccc(Cl)c(Cc3ccc(C#CC4(O)CCC4)cc3)c2)[C@H](OC(C)=O)[C@@H](OC(C)=O)[C@@H]1OC(C)=O. The molecule has 2 aromatic rings. The number of ether oxygens (including phenoxy) is 5. The summed E-state index contributed by atoms with van der Waals surface area (Å²) in [5.41, 5.74) is 2.12. The number of rotatable bonds is 8. The Labute approximate surface area is 260 Å². The van der Waals surface area contributed by atoms with Gasteiger partial charge >= 0.3 is 23.9 Å². The van der Waals surface area contributed by atoms with Gasteiger partial charge in [-0.25, -0.2) is 0 Å². The minimum atomic E-state index is -1.27. The van der Waals surface area contributed by atoms with E-state index in [-0.39, 0.29) is 6.61 Å². The topological polar surface area (TPSA) is 135 Å². The molecular formula is C33H35ClO10. The minimum Gasteiger partial charge on any atom is -0.463 e. The fourth-order valence-corrected chi connectivity index (χ4v) is 5.34. The van der Waals surface area contributed by atoms with Gasteiger partial charge in [0.15, 0.2) is 18.3 Å². The molecule has 0 bridgehead atoms. The molecule has 0 amide bonds. The van der Waals surface area contributed by atoms with Crippen molar-refractivity contribution < 1.29 is 48.0 Å². The molecule has 4 rings (SSSR count). The number of carbonyl (C=O) groups excluding carboxylic acids is 4. The van der Waals surface area contributed by atoms with Crippen molar-refractivity contribution in [2.75, 3.05) is 6.61 Å². The second-order valence-electron chi connectivity index (χ2n) is 11.0. The van der Waals surface area contributed by atoms with Crippen LogP contribution in [0.3, 0.4) is 0 Å². The van der Waals surface area contributed by atoms with Crippen molar-refractivity contribution >= 4 is 35.5 Å². The highest BCUT2D eigenvalue weighted by Crippen LogP contribution is 2.39. The number of esters is 4. The zero-order valence-electron chi connectivity index (χ0n) is 25.0. The quantitative estimate of drug-likeness (QED) is 0.260. The van der Waals surface area contributed by atoms with E-state index in [0.717, 1.165) is 23.1 Å². The Bertz CT molecular complexity index is 1450. The summed E-state index contributed by atoms with van der Waals surface area (Å²) in [4.78, 5) is 48.0. The first-order chi connectivity index (χ1) is 20.8. The molecule has 0 unspecified atom stereocenters. The number of hydrogen-bond acceptors (Lipinski definition) is 10. The lowest BCUT2D eigenvalue weighted by atomic mass is 9.81. The molecule has 10 nitrogen and oxygen atoms in total. The molecule has 2 aromatic carbocycles. The van der Waals surface area contributed by atoms with Crippen LogP contribution in [0.15, 0.2) is 42.5 Å². The third-order valence-electron chi connectivity index (χ3n) is 7.36. The molecule has 2 aliphatic rings. The molecule has 1 N–H and O–H groups in total. The van der Waals surface area contributed by atoms with Crippen LogP contribution in [0.5, 0.6) is 0 Å². The summed E-state index contributed by atoms with van der Waals surface area (Å²) in [5.74, 6) is 3.30. The van der Waals surface area contributed by atoms with Crippen LogP contribution in [0.25, 0.3) is 0 Å². The van der Waals surface area contributed by atoms with Gasteiger partial charge in [-0.2, -0.15) is 0 Å². The monoisotopic (exact) mass is 626 g/mol. The molecular weight excluding hydrogens is 592 g/mol. The van der Waals surface area contributed by atoms with Crippen molar-refractivity contribution in [3.8, 4) is 11.8 Å². The number of hydrogen-bond donors (Lipinski definition) is 1. The van der Waals surface area contributed by atoms with Crippen LogP contribution in [-0.2, 0) is 49.3 Å². The van der Waals surface area contributed by atoms with Gasteiger partial charge in [0.05, 0.1) is 0 Å². The normalized spacial score (nSPS) is 23.6. The average molecular weight is 627 g/mol. The predicted octanol–water partition coefficient (Wildman–Crippen LogP) is 4.00. The molecule has 44 heavy (non-hydrogen) atoms. The Kier molecular flexibility index (Phi) is 10.7. The van der Waals surface area contributed by atoms with Crippen LogP contribution in [0.2, 0.25) is 5.02 Å². The van der Waals surface area contributed by atoms with Crippen molar-refractivity contribution in [2.45, 2.75) is 89.5 Å². The highest BCUT2D eigenvalue weighted by Gasteiger charge is 2.52. The van der Waals surface area contributed by atoms with Gasteiger partial charge in [0, 0.05) is 38.3 Å². The second-order valence-corrected chi connectivity index (χ2v) is 11.4. The maximum absolute atomic E-state index is 12.2. The first-order valence-electron chi connectivity index (χ1n) is 14.3. The van der Waals surface area contributed by atoms with E-state index in [1.807, 2.05) is 24.3 Å². The lowest BCUT2D eigenvalue weighted by molar-refractivity contribution is -0.254.